The van der Waals surface area contributed by atoms with Gasteiger partial charge in [-0.3, -0.25) is 4.79 Å². The molecule has 2 unspecified atom stereocenters. The molecule has 1 fully saturated rings. The van der Waals surface area contributed by atoms with Crippen LogP contribution in [0, 0.1) is 12.8 Å². The first-order valence-corrected chi connectivity index (χ1v) is 8.50. The van der Waals surface area contributed by atoms with E-state index in [0.29, 0.717) is 23.9 Å². The van der Waals surface area contributed by atoms with E-state index in [9.17, 15) is 4.79 Å². The maximum Gasteiger partial charge on any atom is 0.273 e. The van der Waals surface area contributed by atoms with E-state index < -0.39 is 0 Å². The Morgan fingerprint density at radius 2 is 2.30 bits per heavy atom. The number of rotatable bonds is 3. The van der Waals surface area contributed by atoms with Gasteiger partial charge >= 0.3 is 0 Å². The number of hydrogen-bond donors (Lipinski definition) is 1. The summed E-state index contributed by atoms with van der Waals surface area (Å²) in [5.74, 6) is 2.15. The normalized spacial score (nSPS) is 21.1. The molecule has 7 heteroatoms. The van der Waals surface area contributed by atoms with Crippen LogP contribution in [-0.2, 0) is 0 Å². The summed E-state index contributed by atoms with van der Waals surface area (Å²) in [6, 6.07) is 3.90. The molecule has 0 saturated carbocycles. The molecule has 0 radical (unpaired) electrons. The van der Waals surface area contributed by atoms with Gasteiger partial charge in [0.1, 0.15) is 11.5 Å². The van der Waals surface area contributed by atoms with E-state index in [1.807, 2.05) is 24.0 Å². The molecule has 0 bridgehead atoms. The molecule has 1 saturated heterocycles. The number of furan rings is 1. The van der Waals surface area contributed by atoms with Crippen LogP contribution >= 0.6 is 23.7 Å². The molecule has 1 aliphatic heterocycles. The largest absolute Gasteiger partial charge is 0.459 e. The number of nitrogens with two attached hydrogens (primary N) is 1. The lowest BCUT2D eigenvalue weighted by atomic mass is 9.92. The fourth-order valence-corrected chi connectivity index (χ4v) is 3.68. The third-order valence-electron chi connectivity index (χ3n) is 4.19. The zero-order valence-corrected chi connectivity index (χ0v) is 15.0. The van der Waals surface area contributed by atoms with Crippen molar-refractivity contribution in [3.8, 4) is 10.8 Å². The average molecular weight is 356 g/mol. The van der Waals surface area contributed by atoms with Gasteiger partial charge in [-0.2, -0.15) is 0 Å². The topological polar surface area (TPSA) is 72.4 Å². The second-order valence-corrected chi connectivity index (χ2v) is 6.82. The van der Waals surface area contributed by atoms with E-state index in [-0.39, 0.29) is 24.4 Å². The number of halogens is 1. The molecule has 1 aliphatic rings. The number of aryl methyl sites for hydroxylation is 1. The molecular formula is C16H22ClN3O2S. The zero-order chi connectivity index (χ0) is 15.7. The molecule has 2 atom stereocenters. The van der Waals surface area contributed by atoms with Gasteiger partial charge in [-0.1, -0.05) is 6.92 Å². The van der Waals surface area contributed by atoms with Crippen molar-refractivity contribution in [1.82, 2.24) is 9.88 Å². The fourth-order valence-electron chi connectivity index (χ4n) is 2.92. The summed E-state index contributed by atoms with van der Waals surface area (Å²) < 4.78 is 5.57. The molecule has 3 heterocycles. The number of amides is 1. The summed E-state index contributed by atoms with van der Waals surface area (Å²) in [5.41, 5.74) is 6.33. The first-order valence-electron chi connectivity index (χ1n) is 7.62. The Morgan fingerprint density at radius 1 is 1.52 bits per heavy atom. The van der Waals surface area contributed by atoms with Crippen molar-refractivity contribution in [2.75, 3.05) is 13.1 Å². The summed E-state index contributed by atoms with van der Waals surface area (Å²) >= 11 is 1.43. The summed E-state index contributed by atoms with van der Waals surface area (Å²) in [5, 5.41) is 2.55. The first kappa shape index (κ1) is 18.0. The molecule has 2 aromatic rings. The van der Waals surface area contributed by atoms with Crippen LogP contribution in [-0.4, -0.2) is 34.9 Å². The van der Waals surface area contributed by atoms with Gasteiger partial charge in [-0.25, -0.2) is 4.98 Å². The summed E-state index contributed by atoms with van der Waals surface area (Å²) in [4.78, 5) is 19.0. The molecule has 1 amide bonds. The SMILES string of the molecule is Cc1ccc(-c2nc(C(=O)N3CCC(C)CC3CN)cs2)o1.Cl. The Balaban J connectivity index is 0.00000192. The van der Waals surface area contributed by atoms with Gasteiger partial charge in [0, 0.05) is 24.5 Å². The second-order valence-electron chi connectivity index (χ2n) is 5.97. The molecule has 5 nitrogen and oxygen atoms in total. The molecule has 3 rings (SSSR count). The number of thiazole rings is 1. The van der Waals surface area contributed by atoms with Crippen molar-refractivity contribution in [2.24, 2.45) is 11.7 Å². The van der Waals surface area contributed by atoms with Crippen molar-refractivity contribution in [1.29, 1.82) is 0 Å². The number of piperidine rings is 1. The maximum absolute atomic E-state index is 12.7. The van der Waals surface area contributed by atoms with Crippen LogP contribution in [0.4, 0.5) is 0 Å². The Morgan fingerprint density at radius 3 is 2.96 bits per heavy atom. The minimum atomic E-state index is -0.0203. The number of nitrogens with zero attached hydrogens (tertiary/aromatic N) is 2. The Labute approximate surface area is 146 Å². The number of hydrogen-bond acceptors (Lipinski definition) is 5. The minimum Gasteiger partial charge on any atom is -0.459 e. The van der Waals surface area contributed by atoms with Gasteiger partial charge in [0.05, 0.1) is 0 Å². The fraction of sp³-hybridized carbons (Fsp3) is 0.500. The third kappa shape index (κ3) is 3.76. The molecule has 23 heavy (non-hydrogen) atoms. The molecule has 126 valence electrons. The van der Waals surface area contributed by atoms with Crippen LogP contribution in [0.3, 0.4) is 0 Å². The van der Waals surface area contributed by atoms with E-state index in [1.54, 1.807) is 5.38 Å². The minimum absolute atomic E-state index is 0. The Bertz CT molecular complexity index is 670. The molecule has 0 aliphatic carbocycles. The number of aromatic nitrogens is 1. The third-order valence-corrected chi connectivity index (χ3v) is 5.04. The highest BCUT2D eigenvalue weighted by molar-refractivity contribution is 7.13. The summed E-state index contributed by atoms with van der Waals surface area (Å²) in [6.07, 6.45) is 1.99. The molecule has 2 N–H and O–H groups in total. The van der Waals surface area contributed by atoms with Crippen molar-refractivity contribution < 1.29 is 9.21 Å². The van der Waals surface area contributed by atoms with Crippen LogP contribution in [0.15, 0.2) is 21.9 Å². The molecule has 2 aromatic heterocycles. The predicted molar refractivity (Wildman–Crippen MR) is 94.1 cm³/mol. The maximum atomic E-state index is 12.7. The number of carbonyl (C=O) groups is 1. The van der Waals surface area contributed by atoms with E-state index in [2.05, 4.69) is 11.9 Å². The van der Waals surface area contributed by atoms with Gasteiger partial charge in [-0.15, -0.1) is 23.7 Å². The van der Waals surface area contributed by atoms with E-state index in [4.69, 9.17) is 10.2 Å². The van der Waals surface area contributed by atoms with Crippen molar-refractivity contribution in [3.63, 3.8) is 0 Å². The average Bonchev–Trinajstić information content (AvgIpc) is 3.15. The summed E-state index contributed by atoms with van der Waals surface area (Å²) in [6.45, 7) is 5.37. The zero-order valence-electron chi connectivity index (χ0n) is 13.3. The Kier molecular flexibility index (Phi) is 5.84. The highest BCUT2D eigenvalue weighted by Gasteiger charge is 2.30. The van der Waals surface area contributed by atoms with Crippen LogP contribution < -0.4 is 5.73 Å². The first-order chi connectivity index (χ1) is 10.6. The highest BCUT2D eigenvalue weighted by atomic mass is 35.5. The van der Waals surface area contributed by atoms with Crippen LogP contribution in [0.1, 0.15) is 36.0 Å². The van der Waals surface area contributed by atoms with Crippen molar-refractivity contribution in [3.05, 3.63) is 29.0 Å². The smallest absolute Gasteiger partial charge is 0.273 e. The highest BCUT2D eigenvalue weighted by Crippen LogP contribution is 2.28. The number of carbonyl (C=O) groups excluding carboxylic acids is 1. The summed E-state index contributed by atoms with van der Waals surface area (Å²) in [7, 11) is 0. The van der Waals surface area contributed by atoms with Gasteiger partial charge in [0.15, 0.2) is 10.8 Å². The second kappa shape index (κ2) is 7.47. The van der Waals surface area contributed by atoms with Crippen LogP contribution in [0.2, 0.25) is 0 Å². The lowest BCUT2D eigenvalue weighted by molar-refractivity contribution is 0.0568. The lowest BCUT2D eigenvalue weighted by Gasteiger charge is -2.37. The van der Waals surface area contributed by atoms with Gasteiger partial charge in [-0.05, 0) is 37.8 Å². The number of likely N-dealkylation sites (tertiary alicyclic amines) is 1. The predicted octanol–water partition coefficient (Wildman–Crippen LogP) is 3.33. The molecule has 0 aromatic carbocycles. The molecular weight excluding hydrogens is 334 g/mol. The van der Waals surface area contributed by atoms with Crippen LogP contribution in [0.5, 0.6) is 0 Å². The van der Waals surface area contributed by atoms with Crippen molar-refractivity contribution in [2.45, 2.75) is 32.7 Å². The van der Waals surface area contributed by atoms with E-state index in [0.717, 1.165) is 30.2 Å². The van der Waals surface area contributed by atoms with E-state index >= 15 is 0 Å². The van der Waals surface area contributed by atoms with Crippen molar-refractivity contribution >= 4 is 29.7 Å². The monoisotopic (exact) mass is 355 g/mol. The lowest BCUT2D eigenvalue weighted by Crippen LogP contribution is -2.49. The molecule has 0 spiro atoms. The van der Waals surface area contributed by atoms with Gasteiger partial charge in [0.25, 0.3) is 5.91 Å². The van der Waals surface area contributed by atoms with Crippen LogP contribution in [0.25, 0.3) is 10.8 Å². The Hall–Kier alpha value is -1.37. The van der Waals surface area contributed by atoms with Gasteiger partial charge in [0.2, 0.25) is 0 Å². The standard InChI is InChI=1S/C16H21N3O2S.ClH/c1-10-5-6-19(12(7-10)8-17)16(20)13-9-22-15(18-13)14-4-3-11(2)21-14;/h3-4,9-10,12H,5-8,17H2,1-2H3;1H. The quantitative estimate of drug-likeness (QED) is 0.916. The van der Waals surface area contributed by atoms with E-state index in [1.165, 1.54) is 11.3 Å². The van der Waals surface area contributed by atoms with Gasteiger partial charge < -0.3 is 15.1 Å².